The van der Waals surface area contributed by atoms with Crippen LogP contribution in [0.4, 0.5) is 0 Å². The number of halogens is 1. The van der Waals surface area contributed by atoms with E-state index in [1.54, 1.807) is 6.92 Å². The topological polar surface area (TPSA) is 68.1 Å². The van der Waals surface area contributed by atoms with Gasteiger partial charge in [-0.3, -0.25) is 0 Å². The molecule has 1 aliphatic rings. The van der Waals surface area contributed by atoms with Crippen LogP contribution in [0.3, 0.4) is 0 Å². The summed E-state index contributed by atoms with van der Waals surface area (Å²) in [7, 11) is 0. The van der Waals surface area contributed by atoms with Gasteiger partial charge in [-0.2, -0.15) is 0 Å². The van der Waals surface area contributed by atoms with Crippen molar-refractivity contribution in [3.63, 3.8) is 0 Å². The molecule has 0 amide bonds. The quantitative estimate of drug-likeness (QED) is 0.350. The molecule has 0 saturated heterocycles. The van der Waals surface area contributed by atoms with Crippen LogP contribution in [0.1, 0.15) is 32.6 Å². The van der Waals surface area contributed by atoms with Gasteiger partial charge in [0.2, 0.25) is 0 Å². The Morgan fingerprint density at radius 1 is 1.53 bits per heavy atom. The first-order chi connectivity index (χ1) is 8.19. The summed E-state index contributed by atoms with van der Waals surface area (Å²) in [4.78, 5) is 16.8. The second-order valence-corrected chi connectivity index (χ2v) is 4.53. The molecule has 0 aromatic rings. The fourth-order valence-corrected chi connectivity index (χ4v) is 1.94. The van der Waals surface area contributed by atoms with Crippen LogP contribution in [-0.2, 0) is 14.4 Å². The zero-order chi connectivity index (χ0) is 12.7. The highest BCUT2D eigenvalue weighted by atomic mass is 79.9. The minimum atomic E-state index is -1.00. The molecule has 1 atom stereocenters. The van der Waals surface area contributed by atoms with Crippen molar-refractivity contribution in [2.45, 2.75) is 44.8 Å². The van der Waals surface area contributed by atoms with Crippen molar-refractivity contribution in [1.29, 1.82) is 0 Å². The largest absolute Gasteiger partial charge is 0.461 e. The molecule has 0 radical (unpaired) electrons. The molecular formula is C11H18BrNO4. The molecule has 0 spiro atoms. The van der Waals surface area contributed by atoms with E-state index in [1.165, 1.54) is 0 Å². The first-order valence-electron chi connectivity index (χ1n) is 5.83. The number of alkyl halides is 1. The molecule has 17 heavy (non-hydrogen) atoms. The molecule has 1 N–H and O–H groups in total. The molecule has 0 aromatic carbocycles. The third-order valence-corrected chi connectivity index (χ3v) is 3.16. The Hall–Kier alpha value is -0.620. The molecule has 0 aromatic heterocycles. The molecule has 0 heterocycles. The SMILES string of the molecule is CCOC(=O)/C(=N/OC1CCCC1)C(O)CBr. The van der Waals surface area contributed by atoms with Gasteiger partial charge in [0.25, 0.3) is 0 Å². The normalized spacial score (nSPS) is 19.1. The smallest absolute Gasteiger partial charge is 0.358 e. The van der Waals surface area contributed by atoms with E-state index in [1.807, 2.05) is 0 Å². The van der Waals surface area contributed by atoms with Crippen LogP contribution in [0.15, 0.2) is 5.16 Å². The molecule has 0 aliphatic heterocycles. The maximum absolute atomic E-state index is 11.5. The minimum absolute atomic E-state index is 0.0574. The maximum Gasteiger partial charge on any atom is 0.358 e. The number of esters is 1. The number of rotatable bonds is 6. The van der Waals surface area contributed by atoms with E-state index >= 15 is 0 Å². The summed E-state index contributed by atoms with van der Waals surface area (Å²) in [5.41, 5.74) is -0.0735. The first kappa shape index (κ1) is 14.4. The first-order valence-corrected chi connectivity index (χ1v) is 6.96. The van der Waals surface area contributed by atoms with E-state index < -0.39 is 12.1 Å². The Bertz CT molecular complexity index is 277. The van der Waals surface area contributed by atoms with Crippen molar-refractivity contribution in [2.24, 2.45) is 5.16 Å². The van der Waals surface area contributed by atoms with Crippen molar-refractivity contribution in [1.82, 2.24) is 0 Å². The molecule has 1 unspecified atom stereocenters. The number of oxime groups is 1. The Labute approximate surface area is 109 Å². The summed E-state index contributed by atoms with van der Waals surface area (Å²) < 4.78 is 4.81. The van der Waals surface area contributed by atoms with Crippen LogP contribution in [0.2, 0.25) is 0 Å². The Morgan fingerprint density at radius 2 is 2.18 bits per heavy atom. The fraction of sp³-hybridized carbons (Fsp3) is 0.818. The van der Waals surface area contributed by atoms with Gasteiger partial charge >= 0.3 is 5.97 Å². The van der Waals surface area contributed by atoms with E-state index in [-0.39, 0.29) is 23.8 Å². The van der Waals surface area contributed by atoms with Crippen LogP contribution < -0.4 is 0 Å². The number of ether oxygens (including phenoxy) is 1. The van der Waals surface area contributed by atoms with Crippen LogP contribution in [0.25, 0.3) is 0 Å². The number of hydrogen-bond acceptors (Lipinski definition) is 5. The number of aliphatic hydroxyl groups excluding tert-OH is 1. The fourth-order valence-electron chi connectivity index (χ4n) is 1.64. The summed E-state index contributed by atoms with van der Waals surface area (Å²) in [6, 6.07) is 0. The van der Waals surface area contributed by atoms with Crippen molar-refractivity contribution in [2.75, 3.05) is 11.9 Å². The second kappa shape index (κ2) is 7.66. The van der Waals surface area contributed by atoms with Crippen molar-refractivity contribution in [3.8, 4) is 0 Å². The molecule has 6 heteroatoms. The van der Waals surface area contributed by atoms with Gasteiger partial charge < -0.3 is 14.7 Å². The predicted molar refractivity (Wildman–Crippen MR) is 67.2 cm³/mol. The highest BCUT2D eigenvalue weighted by Gasteiger charge is 2.24. The minimum Gasteiger partial charge on any atom is -0.461 e. The lowest BCUT2D eigenvalue weighted by molar-refractivity contribution is -0.135. The number of aliphatic hydroxyl groups is 1. The number of nitrogens with zero attached hydrogens (tertiary/aromatic N) is 1. The standard InChI is InChI=1S/C11H18BrNO4/c1-2-16-11(15)10(9(14)7-12)13-17-8-5-3-4-6-8/h8-9,14H,2-7H2,1H3/b13-10+. The molecule has 0 bridgehead atoms. The van der Waals surface area contributed by atoms with Gasteiger partial charge in [-0.15, -0.1) is 0 Å². The zero-order valence-electron chi connectivity index (χ0n) is 9.89. The summed E-state index contributed by atoms with van der Waals surface area (Å²) in [6.07, 6.45) is 3.19. The molecule has 1 fully saturated rings. The van der Waals surface area contributed by atoms with Crippen molar-refractivity contribution >= 4 is 27.6 Å². The molecule has 1 aliphatic carbocycles. The Kier molecular flexibility index (Phi) is 6.50. The number of carbonyl (C=O) groups excluding carboxylic acids is 1. The Morgan fingerprint density at radius 3 is 2.71 bits per heavy atom. The molecular weight excluding hydrogens is 290 g/mol. The molecule has 5 nitrogen and oxygen atoms in total. The van der Waals surface area contributed by atoms with Gasteiger partial charge in [-0.05, 0) is 32.6 Å². The van der Waals surface area contributed by atoms with Crippen LogP contribution >= 0.6 is 15.9 Å². The highest BCUT2D eigenvalue weighted by molar-refractivity contribution is 9.09. The van der Waals surface area contributed by atoms with E-state index in [9.17, 15) is 9.90 Å². The summed E-state index contributed by atoms with van der Waals surface area (Å²) in [5, 5.41) is 13.6. The van der Waals surface area contributed by atoms with E-state index in [0.717, 1.165) is 25.7 Å². The molecule has 98 valence electrons. The Balaban J connectivity index is 2.60. The van der Waals surface area contributed by atoms with E-state index in [4.69, 9.17) is 9.57 Å². The van der Waals surface area contributed by atoms with E-state index in [0.29, 0.717) is 0 Å². The van der Waals surface area contributed by atoms with Crippen LogP contribution in [-0.4, -0.2) is 40.9 Å². The van der Waals surface area contributed by atoms with Gasteiger partial charge in [0.15, 0.2) is 5.71 Å². The lowest BCUT2D eigenvalue weighted by atomic mass is 10.2. The third-order valence-electron chi connectivity index (χ3n) is 2.55. The highest BCUT2D eigenvalue weighted by Crippen LogP contribution is 2.21. The average Bonchev–Trinajstić information content (AvgIpc) is 2.82. The lowest BCUT2D eigenvalue weighted by Gasteiger charge is -2.12. The van der Waals surface area contributed by atoms with Crippen molar-refractivity contribution < 1.29 is 19.5 Å². The van der Waals surface area contributed by atoms with Gasteiger partial charge in [0, 0.05) is 5.33 Å². The zero-order valence-corrected chi connectivity index (χ0v) is 11.5. The summed E-state index contributed by atoms with van der Waals surface area (Å²) in [6.45, 7) is 1.95. The van der Waals surface area contributed by atoms with Gasteiger partial charge in [0.1, 0.15) is 12.2 Å². The lowest BCUT2D eigenvalue weighted by Crippen LogP contribution is -2.32. The second-order valence-electron chi connectivity index (χ2n) is 3.88. The average molecular weight is 308 g/mol. The summed E-state index contributed by atoms with van der Waals surface area (Å²) in [5.74, 6) is -0.627. The summed E-state index contributed by atoms with van der Waals surface area (Å²) >= 11 is 3.09. The van der Waals surface area contributed by atoms with Crippen LogP contribution in [0, 0.1) is 0 Å². The molecule has 1 rings (SSSR count). The third kappa shape index (κ3) is 4.63. The van der Waals surface area contributed by atoms with Crippen molar-refractivity contribution in [3.05, 3.63) is 0 Å². The van der Waals surface area contributed by atoms with Gasteiger partial charge in [-0.1, -0.05) is 21.1 Å². The number of hydrogen-bond donors (Lipinski definition) is 1. The molecule has 1 saturated carbocycles. The monoisotopic (exact) mass is 307 g/mol. The van der Waals surface area contributed by atoms with E-state index in [2.05, 4.69) is 21.1 Å². The predicted octanol–water partition coefficient (Wildman–Crippen LogP) is 1.62. The maximum atomic E-state index is 11.5. The van der Waals surface area contributed by atoms with Gasteiger partial charge in [0.05, 0.1) is 6.61 Å². The van der Waals surface area contributed by atoms with Crippen LogP contribution in [0.5, 0.6) is 0 Å². The number of carbonyl (C=O) groups is 1. The van der Waals surface area contributed by atoms with Gasteiger partial charge in [-0.25, -0.2) is 4.79 Å².